The highest BCUT2D eigenvalue weighted by molar-refractivity contribution is 6.06. The Morgan fingerprint density at radius 1 is 0.897 bits per heavy atom. The Labute approximate surface area is 167 Å². The number of hydrogen-bond acceptors (Lipinski definition) is 3. The molecule has 0 unspecified atom stereocenters. The molecule has 2 aromatic heterocycles. The second kappa shape index (κ2) is 6.87. The molecular formula is C24H18N4O. The molecule has 0 saturated heterocycles. The zero-order valence-corrected chi connectivity index (χ0v) is 15.8. The molecule has 29 heavy (non-hydrogen) atoms. The first-order chi connectivity index (χ1) is 14.2. The van der Waals surface area contributed by atoms with Gasteiger partial charge in [0, 0.05) is 34.9 Å². The Morgan fingerprint density at radius 2 is 1.69 bits per heavy atom. The highest BCUT2D eigenvalue weighted by Gasteiger charge is 2.09. The summed E-state index contributed by atoms with van der Waals surface area (Å²) in [6.45, 7) is 1.95. The lowest BCUT2D eigenvalue weighted by atomic mass is 10.1. The van der Waals surface area contributed by atoms with E-state index in [1.54, 1.807) is 0 Å². The maximum absolute atomic E-state index is 12.6. The van der Waals surface area contributed by atoms with Crippen LogP contribution in [0.25, 0.3) is 27.8 Å². The number of aryl methyl sites for hydroxylation is 1. The fourth-order valence-electron chi connectivity index (χ4n) is 3.36. The summed E-state index contributed by atoms with van der Waals surface area (Å²) >= 11 is 0. The predicted octanol–water partition coefficient (Wildman–Crippen LogP) is 5.11. The summed E-state index contributed by atoms with van der Waals surface area (Å²) < 4.78 is 1.90. The van der Waals surface area contributed by atoms with E-state index in [1.807, 2.05) is 96.5 Å². The summed E-state index contributed by atoms with van der Waals surface area (Å²) in [6.07, 6.45) is 3.90. The van der Waals surface area contributed by atoms with Crippen molar-refractivity contribution in [2.24, 2.45) is 0 Å². The second-order valence-electron chi connectivity index (χ2n) is 7.00. The number of fused-ring (bicyclic) bond motifs is 2. The number of hydrogen-bond donors (Lipinski definition) is 1. The lowest BCUT2D eigenvalue weighted by Gasteiger charge is -2.07. The number of carbonyl (C=O) groups excluding carboxylic acids is 1. The van der Waals surface area contributed by atoms with Gasteiger partial charge in [0.25, 0.3) is 5.91 Å². The van der Waals surface area contributed by atoms with Crippen molar-refractivity contribution >= 4 is 28.1 Å². The van der Waals surface area contributed by atoms with Gasteiger partial charge in [-0.05, 0) is 48.0 Å². The zero-order chi connectivity index (χ0) is 19.8. The van der Waals surface area contributed by atoms with Crippen LogP contribution >= 0.6 is 0 Å². The van der Waals surface area contributed by atoms with Crippen LogP contribution in [0.5, 0.6) is 0 Å². The van der Waals surface area contributed by atoms with E-state index >= 15 is 0 Å². The number of nitrogens with zero attached hydrogens (tertiary/aromatic N) is 3. The number of anilines is 1. The van der Waals surface area contributed by atoms with Gasteiger partial charge in [0.15, 0.2) is 0 Å². The van der Waals surface area contributed by atoms with Gasteiger partial charge >= 0.3 is 0 Å². The van der Waals surface area contributed by atoms with Crippen molar-refractivity contribution in [3.8, 4) is 11.3 Å². The minimum atomic E-state index is -0.129. The topological polar surface area (TPSA) is 59.3 Å². The van der Waals surface area contributed by atoms with Gasteiger partial charge in [0.05, 0.1) is 5.69 Å². The largest absolute Gasteiger partial charge is 0.322 e. The van der Waals surface area contributed by atoms with Crippen LogP contribution in [0, 0.1) is 6.92 Å². The lowest BCUT2D eigenvalue weighted by Crippen LogP contribution is -2.11. The first-order valence-corrected chi connectivity index (χ1v) is 9.39. The number of carbonyl (C=O) groups is 1. The molecular weight excluding hydrogens is 360 g/mol. The number of amides is 1. The first-order valence-electron chi connectivity index (χ1n) is 9.39. The second-order valence-corrected chi connectivity index (χ2v) is 7.00. The number of nitrogens with one attached hydrogen (secondary N) is 1. The van der Waals surface area contributed by atoms with Crippen LogP contribution in [0.1, 0.15) is 16.1 Å². The van der Waals surface area contributed by atoms with Gasteiger partial charge in [0.1, 0.15) is 0 Å². The average Bonchev–Trinajstić information content (AvgIpc) is 3.17. The fourth-order valence-corrected chi connectivity index (χ4v) is 3.36. The number of rotatable bonds is 3. The third-order valence-electron chi connectivity index (χ3n) is 4.92. The minimum absolute atomic E-state index is 0.129. The van der Waals surface area contributed by atoms with Crippen molar-refractivity contribution < 1.29 is 4.79 Å². The molecule has 2 heterocycles. The maximum atomic E-state index is 12.6. The van der Waals surface area contributed by atoms with E-state index in [1.165, 1.54) is 0 Å². The molecule has 0 radical (unpaired) electrons. The van der Waals surface area contributed by atoms with Gasteiger partial charge in [0.2, 0.25) is 5.78 Å². The summed E-state index contributed by atoms with van der Waals surface area (Å²) in [5.74, 6) is 0.546. The smallest absolute Gasteiger partial charge is 0.255 e. The van der Waals surface area contributed by atoms with Gasteiger partial charge < -0.3 is 5.32 Å². The van der Waals surface area contributed by atoms with Gasteiger partial charge in [-0.25, -0.2) is 9.97 Å². The summed E-state index contributed by atoms with van der Waals surface area (Å²) in [6, 6.07) is 23.3. The van der Waals surface area contributed by atoms with Crippen molar-refractivity contribution in [3.63, 3.8) is 0 Å². The molecule has 0 aliphatic carbocycles. The Morgan fingerprint density at radius 3 is 2.52 bits per heavy atom. The monoisotopic (exact) mass is 378 g/mol. The van der Waals surface area contributed by atoms with E-state index < -0.39 is 0 Å². The SMILES string of the molecule is Cc1ccn2cc(-c3ccc(NC(=O)c4ccc5ccccc5c4)cc3)nc2n1. The van der Waals surface area contributed by atoms with E-state index in [2.05, 4.69) is 15.3 Å². The van der Waals surface area contributed by atoms with E-state index in [-0.39, 0.29) is 5.91 Å². The zero-order valence-electron chi connectivity index (χ0n) is 15.8. The Hall–Kier alpha value is -3.99. The molecule has 0 bridgehead atoms. The minimum Gasteiger partial charge on any atom is -0.322 e. The van der Waals surface area contributed by atoms with Gasteiger partial charge in [-0.15, -0.1) is 0 Å². The molecule has 5 heteroatoms. The molecule has 140 valence electrons. The summed E-state index contributed by atoms with van der Waals surface area (Å²) in [5, 5.41) is 5.12. The van der Waals surface area contributed by atoms with Crippen LogP contribution in [0.15, 0.2) is 85.2 Å². The highest BCUT2D eigenvalue weighted by atomic mass is 16.1. The molecule has 5 aromatic rings. The van der Waals surface area contributed by atoms with Gasteiger partial charge in [-0.2, -0.15) is 0 Å². The van der Waals surface area contributed by atoms with Crippen LogP contribution < -0.4 is 5.32 Å². The number of imidazole rings is 1. The molecule has 1 amide bonds. The summed E-state index contributed by atoms with van der Waals surface area (Å²) in [7, 11) is 0. The molecule has 0 aliphatic rings. The standard InChI is InChI=1S/C24H18N4O/c1-16-12-13-28-15-22(27-24(28)25-16)18-8-10-21(11-9-18)26-23(29)20-7-6-17-4-2-3-5-19(17)14-20/h2-15H,1H3,(H,26,29). The highest BCUT2D eigenvalue weighted by Crippen LogP contribution is 2.22. The lowest BCUT2D eigenvalue weighted by molar-refractivity contribution is 0.102. The Bertz CT molecular complexity index is 1350. The Balaban J connectivity index is 1.37. The summed E-state index contributed by atoms with van der Waals surface area (Å²) in [4.78, 5) is 21.6. The molecule has 0 aliphatic heterocycles. The van der Waals surface area contributed by atoms with Crippen LogP contribution in [0.4, 0.5) is 5.69 Å². The molecule has 5 nitrogen and oxygen atoms in total. The molecule has 0 fully saturated rings. The van der Waals surface area contributed by atoms with E-state index in [9.17, 15) is 4.79 Å². The quantitative estimate of drug-likeness (QED) is 0.475. The molecule has 0 spiro atoms. The van der Waals surface area contributed by atoms with Crippen LogP contribution in [0.3, 0.4) is 0 Å². The molecule has 1 N–H and O–H groups in total. The fraction of sp³-hybridized carbons (Fsp3) is 0.0417. The molecule has 5 rings (SSSR count). The third kappa shape index (κ3) is 3.34. The van der Waals surface area contributed by atoms with Crippen LogP contribution in [-0.4, -0.2) is 20.3 Å². The maximum Gasteiger partial charge on any atom is 0.255 e. The molecule has 3 aromatic carbocycles. The summed E-state index contributed by atoms with van der Waals surface area (Å²) in [5.41, 5.74) is 4.12. The normalized spacial score (nSPS) is 11.1. The van der Waals surface area contributed by atoms with E-state index in [0.29, 0.717) is 11.3 Å². The number of aromatic nitrogens is 3. The van der Waals surface area contributed by atoms with Gasteiger partial charge in [-0.3, -0.25) is 9.20 Å². The van der Waals surface area contributed by atoms with Crippen LogP contribution in [-0.2, 0) is 0 Å². The molecule has 0 saturated carbocycles. The Kier molecular flexibility index (Phi) is 4.06. The van der Waals surface area contributed by atoms with E-state index in [0.717, 1.165) is 33.4 Å². The van der Waals surface area contributed by atoms with Crippen molar-refractivity contribution in [1.29, 1.82) is 0 Å². The molecule has 0 atom stereocenters. The third-order valence-corrected chi connectivity index (χ3v) is 4.92. The first kappa shape index (κ1) is 17.1. The number of benzene rings is 3. The van der Waals surface area contributed by atoms with Crippen molar-refractivity contribution in [3.05, 3.63) is 96.4 Å². The predicted molar refractivity (Wildman–Crippen MR) is 115 cm³/mol. The van der Waals surface area contributed by atoms with Crippen molar-refractivity contribution in [2.75, 3.05) is 5.32 Å². The van der Waals surface area contributed by atoms with E-state index in [4.69, 9.17) is 0 Å². The van der Waals surface area contributed by atoms with Crippen molar-refractivity contribution in [2.45, 2.75) is 6.92 Å². The van der Waals surface area contributed by atoms with Crippen LogP contribution in [0.2, 0.25) is 0 Å². The van der Waals surface area contributed by atoms with Gasteiger partial charge in [-0.1, -0.05) is 42.5 Å². The average molecular weight is 378 g/mol. The van der Waals surface area contributed by atoms with Crippen molar-refractivity contribution in [1.82, 2.24) is 14.4 Å².